The second-order valence-corrected chi connectivity index (χ2v) is 8.17. The highest BCUT2D eigenvalue weighted by Gasteiger charge is 2.34. The molecule has 148 valence electrons. The van der Waals surface area contributed by atoms with Crippen molar-refractivity contribution in [3.05, 3.63) is 35.3 Å². The van der Waals surface area contributed by atoms with E-state index in [0.717, 1.165) is 18.3 Å². The van der Waals surface area contributed by atoms with Crippen molar-refractivity contribution in [2.75, 3.05) is 31.1 Å². The molecule has 3 heterocycles. The number of halogens is 3. The molecule has 0 N–H and O–H groups in total. The van der Waals surface area contributed by atoms with Crippen molar-refractivity contribution in [3.63, 3.8) is 0 Å². The first kappa shape index (κ1) is 19.6. The number of pyridine rings is 1. The smallest absolute Gasteiger partial charge is 0.360 e. The van der Waals surface area contributed by atoms with Crippen LogP contribution >= 0.6 is 0 Å². The van der Waals surface area contributed by atoms with Gasteiger partial charge in [0.05, 0.1) is 5.56 Å². The maximum atomic E-state index is 12.9. The van der Waals surface area contributed by atoms with Gasteiger partial charge in [0, 0.05) is 32.4 Å². The van der Waals surface area contributed by atoms with Crippen LogP contribution in [0.2, 0.25) is 0 Å². The van der Waals surface area contributed by atoms with Gasteiger partial charge in [-0.15, -0.1) is 0 Å². The molecule has 2 aromatic rings. The topological polar surface area (TPSA) is 79.5 Å². The van der Waals surface area contributed by atoms with E-state index < -0.39 is 21.8 Å². The van der Waals surface area contributed by atoms with Crippen LogP contribution in [0.25, 0.3) is 0 Å². The quantitative estimate of drug-likeness (QED) is 0.783. The number of aromatic nitrogens is 2. The number of nitrogens with zero attached hydrogens (tertiary/aromatic N) is 4. The normalized spacial score (nSPS) is 17.1. The first-order valence-electron chi connectivity index (χ1n) is 8.32. The minimum atomic E-state index is -4.46. The van der Waals surface area contributed by atoms with E-state index in [4.69, 9.17) is 4.52 Å². The van der Waals surface area contributed by atoms with Crippen LogP contribution in [0, 0.1) is 13.8 Å². The molecule has 27 heavy (non-hydrogen) atoms. The summed E-state index contributed by atoms with van der Waals surface area (Å²) in [4.78, 5) is 5.73. The lowest BCUT2D eigenvalue weighted by atomic mass is 10.2. The lowest BCUT2D eigenvalue weighted by molar-refractivity contribution is -0.137. The standard InChI is InChI=1S/C16H19F3N4O3S/c1-11-15(12(2)26-21-11)27(24,25)23-7-3-6-22(8-9-23)14-10-13(4-5-20-14)16(17,18)19/h4-5,10H,3,6-9H2,1-2H3. The van der Waals surface area contributed by atoms with Gasteiger partial charge in [0.25, 0.3) is 0 Å². The van der Waals surface area contributed by atoms with Gasteiger partial charge >= 0.3 is 6.18 Å². The van der Waals surface area contributed by atoms with Crippen molar-refractivity contribution in [2.45, 2.75) is 31.3 Å². The zero-order valence-corrected chi connectivity index (χ0v) is 15.6. The number of alkyl halides is 3. The summed E-state index contributed by atoms with van der Waals surface area (Å²) in [6.45, 7) is 4.11. The Bertz CT molecular complexity index is 908. The Hall–Kier alpha value is -2.14. The van der Waals surface area contributed by atoms with Gasteiger partial charge in [-0.25, -0.2) is 13.4 Å². The molecule has 0 aromatic carbocycles. The van der Waals surface area contributed by atoms with Crippen LogP contribution in [0.5, 0.6) is 0 Å². The molecule has 1 saturated heterocycles. The summed E-state index contributed by atoms with van der Waals surface area (Å²) in [6, 6.07) is 1.90. The maximum absolute atomic E-state index is 12.9. The van der Waals surface area contributed by atoms with Gasteiger partial charge in [-0.05, 0) is 32.4 Å². The van der Waals surface area contributed by atoms with E-state index in [1.807, 2.05) is 0 Å². The monoisotopic (exact) mass is 404 g/mol. The molecule has 0 saturated carbocycles. The SMILES string of the molecule is Cc1noc(C)c1S(=O)(=O)N1CCCN(c2cc(C(F)(F)F)ccn2)CC1. The third-order valence-electron chi connectivity index (χ3n) is 4.42. The van der Waals surface area contributed by atoms with Gasteiger partial charge in [-0.2, -0.15) is 17.5 Å². The molecule has 0 atom stereocenters. The molecule has 1 fully saturated rings. The molecule has 7 nitrogen and oxygen atoms in total. The highest BCUT2D eigenvalue weighted by molar-refractivity contribution is 7.89. The van der Waals surface area contributed by atoms with E-state index in [1.165, 1.54) is 11.2 Å². The predicted molar refractivity (Wildman–Crippen MR) is 90.8 cm³/mol. The van der Waals surface area contributed by atoms with Gasteiger partial charge in [0.15, 0.2) is 5.76 Å². The van der Waals surface area contributed by atoms with Crippen LogP contribution in [0.1, 0.15) is 23.4 Å². The second-order valence-electron chi connectivity index (χ2n) is 6.30. The van der Waals surface area contributed by atoms with Gasteiger partial charge in [0.2, 0.25) is 10.0 Å². The molecular weight excluding hydrogens is 385 g/mol. The third kappa shape index (κ3) is 3.93. The van der Waals surface area contributed by atoms with E-state index in [9.17, 15) is 21.6 Å². The number of aryl methyl sites for hydroxylation is 2. The van der Waals surface area contributed by atoms with E-state index in [1.54, 1.807) is 11.8 Å². The molecule has 1 aliphatic rings. The first-order chi connectivity index (χ1) is 12.6. The Morgan fingerprint density at radius 1 is 1.15 bits per heavy atom. The highest BCUT2D eigenvalue weighted by atomic mass is 32.2. The van der Waals surface area contributed by atoms with Gasteiger partial charge in [-0.3, -0.25) is 0 Å². The molecule has 0 aliphatic carbocycles. The van der Waals surface area contributed by atoms with E-state index in [-0.39, 0.29) is 41.8 Å². The molecule has 0 radical (unpaired) electrons. The molecule has 0 bridgehead atoms. The van der Waals surface area contributed by atoms with Crippen LogP contribution < -0.4 is 4.90 Å². The zero-order valence-electron chi connectivity index (χ0n) is 14.8. The molecule has 0 spiro atoms. The molecule has 11 heteroatoms. The third-order valence-corrected chi connectivity index (χ3v) is 6.56. The van der Waals surface area contributed by atoms with Crippen molar-refractivity contribution < 1.29 is 26.1 Å². The van der Waals surface area contributed by atoms with Gasteiger partial charge in [0.1, 0.15) is 16.4 Å². The Kier molecular flexibility index (Phi) is 5.17. The fraction of sp³-hybridized carbons (Fsp3) is 0.500. The van der Waals surface area contributed by atoms with E-state index in [2.05, 4.69) is 10.1 Å². The van der Waals surface area contributed by atoms with Crippen molar-refractivity contribution in [1.82, 2.24) is 14.4 Å². The minimum absolute atomic E-state index is 0.0492. The molecule has 0 amide bonds. The summed E-state index contributed by atoms with van der Waals surface area (Å²) in [5, 5.41) is 3.69. The highest BCUT2D eigenvalue weighted by Crippen LogP contribution is 2.31. The first-order valence-corrected chi connectivity index (χ1v) is 9.76. The zero-order chi connectivity index (χ0) is 19.8. The minimum Gasteiger partial charge on any atom is -0.360 e. The van der Waals surface area contributed by atoms with E-state index >= 15 is 0 Å². The Morgan fingerprint density at radius 2 is 1.89 bits per heavy atom. The average molecular weight is 404 g/mol. The van der Waals surface area contributed by atoms with Crippen LogP contribution in [0.3, 0.4) is 0 Å². The largest absolute Gasteiger partial charge is 0.416 e. The fourth-order valence-corrected chi connectivity index (χ4v) is 4.86. The molecular formula is C16H19F3N4O3S. The summed E-state index contributed by atoms with van der Waals surface area (Å²) in [5.41, 5.74) is -0.495. The van der Waals surface area contributed by atoms with Crippen LogP contribution in [-0.2, 0) is 16.2 Å². The van der Waals surface area contributed by atoms with Gasteiger partial charge < -0.3 is 9.42 Å². The van der Waals surface area contributed by atoms with Crippen molar-refractivity contribution in [1.29, 1.82) is 0 Å². The second kappa shape index (κ2) is 7.12. The number of rotatable bonds is 3. The number of sulfonamides is 1. The van der Waals surface area contributed by atoms with Gasteiger partial charge in [-0.1, -0.05) is 5.16 Å². The number of anilines is 1. The lowest BCUT2D eigenvalue weighted by Crippen LogP contribution is -2.35. The lowest BCUT2D eigenvalue weighted by Gasteiger charge is -2.23. The predicted octanol–water partition coefficient (Wildman–Crippen LogP) is 2.61. The van der Waals surface area contributed by atoms with E-state index in [0.29, 0.717) is 13.0 Å². The Labute approximate surface area is 154 Å². The Morgan fingerprint density at radius 3 is 2.52 bits per heavy atom. The fourth-order valence-electron chi connectivity index (χ4n) is 3.10. The number of hydrogen-bond donors (Lipinski definition) is 0. The van der Waals surface area contributed by atoms with Crippen molar-refractivity contribution in [3.8, 4) is 0 Å². The summed E-state index contributed by atoms with van der Waals surface area (Å²) in [5.74, 6) is 0.398. The van der Waals surface area contributed by atoms with Crippen molar-refractivity contribution in [2.24, 2.45) is 0 Å². The van der Waals surface area contributed by atoms with Crippen LogP contribution in [0.4, 0.5) is 19.0 Å². The number of hydrogen-bond acceptors (Lipinski definition) is 6. The molecule has 2 aromatic heterocycles. The summed E-state index contributed by atoms with van der Waals surface area (Å²) in [6.07, 6.45) is -2.88. The van der Waals surface area contributed by atoms with Crippen molar-refractivity contribution >= 4 is 15.8 Å². The Balaban J connectivity index is 1.80. The molecule has 1 aliphatic heterocycles. The maximum Gasteiger partial charge on any atom is 0.416 e. The molecule has 3 rings (SSSR count). The van der Waals surface area contributed by atoms with Crippen LogP contribution in [-0.4, -0.2) is 49.0 Å². The molecule has 0 unspecified atom stereocenters. The average Bonchev–Trinajstić information content (AvgIpc) is 2.81. The summed E-state index contributed by atoms with van der Waals surface area (Å²) < 4.78 is 70.9. The summed E-state index contributed by atoms with van der Waals surface area (Å²) >= 11 is 0. The van der Waals surface area contributed by atoms with Crippen LogP contribution in [0.15, 0.2) is 27.7 Å². The summed E-state index contributed by atoms with van der Waals surface area (Å²) in [7, 11) is -3.79.